The smallest absolute Gasteiger partial charge is 0.204 e. The lowest BCUT2D eigenvalue weighted by Crippen LogP contribution is -2.47. The van der Waals surface area contributed by atoms with E-state index in [4.69, 9.17) is 21.8 Å². The number of nitrogens with zero attached hydrogens (tertiary/aromatic N) is 3. The van der Waals surface area contributed by atoms with Gasteiger partial charge in [-0.15, -0.1) is 11.3 Å². The Morgan fingerprint density at radius 2 is 2.15 bits per heavy atom. The van der Waals surface area contributed by atoms with Crippen molar-refractivity contribution in [3.8, 4) is 21.8 Å². The molecule has 140 valence electrons. The Balaban J connectivity index is 1.75. The first-order valence-electron chi connectivity index (χ1n) is 8.14. The molecule has 2 atom stereocenters. The van der Waals surface area contributed by atoms with Crippen LogP contribution in [0.1, 0.15) is 11.8 Å². The molecule has 0 spiro atoms. The third-order valence-electron chi connectivity index (χ3n) is 4.43. The summed E-state index contributed by atoms with van der Waals surface area (Å²) in [6.45, 7) is 1.91. The van der Waals surface area contributed by atoms with Gasteiger partial charge >= 0.3 is 0 Å². The average Bonchev–Trinajstić information content (AvgIpc) is 3.30. The molecule has 0 radical (unpaired) electrons. The molecule has 6 nitrogen and oxygen atoms in total. The Morgan fingerprint density at radius 1 is 1.37 bits per heavy atom. The van der Waals surface area contributed by atoms with Gasteiger partial charge in [0.25, 0.3) is 0 Å². The SMILES string of the molecule is CN1C(N)=N[C@](C)(c2sc(-c3cccc(-c4cnco4)c3)cc2Cl)CS1=O. The summed E-state index contributed by atoms with van der Waals surface area (Å²) in [7, 11) is 0.425. The van der Waals surface area contributed by atoms with Crippen LogP contribution in [-0.2, 0) is 16.5 Å². The molecule has 0 bridgehead atoms. The summed E-state index contributed by atoms with van der Waals surface area (Å²) in [5.74, 6) is 1.29. The fraction of sp³-hybridized carbons (Fsp3) is 0.222. The van der Waals surface area contributed by atoms with Crippen LogP contribution >= 0.6 is 22.9 Å². The lowest BCUT2D eigenvalue weighted by atomic mass is 10.0. The van der Waals surface area contributed by atoms with Crippen molar-refractivity contribution < 1.29 is 8.63 Å². The van der Waals surface area contributed by atoms with E-state index < -0.39 is 16.5 Å². The maximum absolute atomic E-state index is 12.4. The van der Waals surface area contributed by atoms with Gasteiger partial charge in [0.2, 0.25) is 5.96 Å². The van der Waals surface area contributed by atoms with Gasteiger partial charge in [0.15, 0.2) is 12.2 Å². The highest BCUT2D eigenvalue weighted by Gasteiger charge is 2.38. The van der Waals surface area contributed by atoms with Gasteiger partial charge in [0.05, 0.1) is 21.8 Å². The molecular formula is C18H17ClN4O2S2. The second-order valence-corrected chi connectivity index (χ2v) is 9.38. The molecular weight excluding hydrogens is 404 g/mol. The van der Waals surface area contributed by atoms with Crippen LogP contribution < -0.4 is 5.73 Å². The second-order valence-electron chi connectivity index (χ2n) is 6.44. The maximum atomic E-state index is 12.4. The number of thiophene rings is 1. The average molecular weight is 421 g/mol. The minimum Gasteiger partial charge on any atom is -0.444 e. The highest BCUT2D eigenvalue weighted by Crippen LogP contribution is 2.44. The van der Waals surface area contributed by atoms with E-state index in [1.807, 2.05) is 37.3 Å². The number of aromatic nitrogens is 1. The van der Waals surface area contributed by atoms with Gasteiger partial charge in [-0.25, -0.2) is 14.2 Å². The molecule has 27 heavy (non-hydrogen) atoms. The summed E-state index contributed by atoms with van der Waals surface area (Å²) in [6.07, 6.45) is 3.09. The van der Waals surface area contributed by atoms with Gasteiger partial charge in [-0.1, -0.05) is 29.8 Å². The van der Waals surface area contributed by atoms with Gasteiger partial charge in [0.1, 0.15) is 16.5 Å². The third kappa shape index (κ3) is 3.28. The lowest BCUT2D eigenvalue weighted by Gasteiger charge is -2.33. The molecule has 0 fully saturated rings. The van der Waals surface area contributed by atoms with E-state index in [1.165, 1.54) is 22.0 Å². The van der Waals surface area contributed by atoms with E-state index in [1.54, 1.807) is 13.2 Å². The molecule has 9 heteroatoms. The largest absolute Gasteiger partial charge is 0.444 e. The fourth-order valence-electron chi connectivity index (χ4n) is 2.98. The number of benzene rings is 1. The van der Waals surface area contributed by atoms with Gasteiger partial charge in [-0.2, -0.15) is 0 Å². The highest BCUT2D eigenvalue weighted by atomic mass is 35.5. The number of guanidine groups is 1. The molecule has 2 aromatic heterocycles. The van der Waals surface area contributed by atoms with Gasteiger partial charge in [-0.05, 0) is 24.6 Å². The molecule has 1 aliphatic heterocycles. The predicted molar refractivity (Wildman–Crippen MR) is 110 cm³/mol. The Labute approximate surface area is 168 Å². The van der Waals surface area contributed by atoms with Gasteiger partial charge in [0, 0.05) is 17.5 Å². The Bertz CT molecular complexity index is 1050. The molecule has 1 aliphatic rings. The van der Waals surface area contributed by atoms with Crippen molar-refractivity contribution in [2.75, 3.05) is 12.8 Å². The zero-order valence-electron chi connectivity index (χ0n) is 14.7. The summed E-state index contributed by atoms with van der Waals surface area (Å²) < 4.78 is 19.2. The number of hydrogen-bond acceptors (Lipinski definition) is 6. The number of halogens is 1. The lowest BCUT2D eigenvalue weighted by molar-refractivity contribution is 0.524. The zero-order valence-corrected chi connectivity index (χ0v) is 17.1. The van der Waals surface area contributed by atoms with E-state index in [9.17, 15) is 4.21 Å². The number of hydrogen-bond donors (Lipinski definition) is 1. The zero-order chi connectivity index (χ0) is 19.2. The molecule has 2 N–H and O–H groups in total. The maximum Gasteiger partial charge on any atom is 0.204 e. The quantitative estimate of drug-likeness (QED) is 0.697. The molecule has 0 amide bonds. The number of aliphatic imine (C=N–C) groups is 1. The van der Waals surface area contributed by atoms with E-state index in [-0.39, 0.29) is 5.96 Å². The van der Waals surface area contributed by atoms with Crippen LogP contribution in [0, 0.1) is 0 Å². The van der Waals surface area contributed by atoms with Gasteiger partial charge < -0.3 is 10.2 Å². The summed E-state index contributed by atoms with van der Waals surface area (Å²) in [5.41, 5.74) is 7.18. The van der Waals surface area contributed by atoms with Crippen molar-refractivity contribution in [1.82, 2.24) is 9.29 Å². The monoisotopic (exact) mass is 420 g/mol. The summed E-state index contributed by atoms with van der Waals surface area (Å²) in [4.78, 5) is 10.4. The molecule has 4 rings (SSSR count). The van der Waals surface area contributed by atoms with E-state index >= 15 is 0 Å². The van der Waals surface area contributed by atoms with Crippen molar-refractivity contribution in [1.29, 1.82) is 0 Å². The van der Waals surface area contributed by atoms with Crippen LogP contribution in [0.25, 0.3) is 21.8 Å². The minimum absolute atomic E-state index is 0.250. The Hall–Kier alpha value is -2.16. The first-order chi connectivity index (χ1) is 12.9. The third-order valence-corrected chi connectivity index (χ3v) is 7.89. The van der Waals surface area contributed by atoms with Crippen molar-refractivity contribution in [2.24, 2.45) is 10.7 Å². The molecule has 3 aromatic rings. The van der Waals surface area contributed by atoms with E-state index in [0.29, 0.717) is 16.5 Å². The van der Waals surface area contributed by atoms with Crippen LogP contribution in [0.2, 0.25) is 5.02 Å². The van der Waals surface area contributed by atoms with Crippen LogP contribution in [0.15, 0.2) is 52.3 Å². The topological polar surface area (TPSA) is 84.7 Å². The first kappa shape index (κ1) is 18.2. The minimum atomic E-state index is -1.25. The van der Waals surface area contributed by atoms with Crippen molar-refractivity contribution in [2.45, 2.75) is 12.5 Å². The summed E-state index contributed by atoms with van der Waals surface area (Å²) in [5, 5.41) is 0.598. The summed E-state index contributed by atoms with van der Waals surface area (Å²) >= 11 is 8.08. The molecule has 1 aromatic carbocycles. The van der Waals surface area contributed by atoms with Crippen molar-refractivity contribution in [3.05, 3.63) is 52.8 Å². The normalized spacial score (nSPS) is 22.7. The van der Waals surface area contributed by atoms with Crippen LogP contribution in [-0.4, -0.2) is 32.3 Å². The van der Waals surface area contributed by atoms with Crippen LogP contribution in [0.3, 0.4) is 0 Å². The highest BCUT2D eigenvalue weighted by molar-refractivity contribution is 7.83. The first-order valence-corrected chi connectivity index (χ1v) is 10.6. The van der Waals surface area contributed by atoms with Crippen LogP contribution in [0.5, 0.6) is 0 Å². The molecule has 0 aliphatic carbocycles. The fourth-order valence-corrected chi connectivity index (χ4v) is 5.83. The van der Waals surface area contributed by atoms with Gasteiger partial charge in [-0.3, -0.25) is 4.31 Å². The standard InChI is InChI=1S/C18H17ClN4O2S2/c1-18(9-27(24)23(2)17(20)22-18)16-13(19)7-15(26-16)12-5-3-4-11(6-12)14-8-21-10-25-14/h3-8,10H,9H2,1-2H3,(H2,20,22)/t18-,27?/m0/s1. The number of rotatable bonds is 3. The second kappa shape index (κ2) is 6.78. The molecule has 1 unspecified atom stereocenters. The Morgan fingerprint density at radius 3 is 2.85 bits per heavy atom. The summed E-state index contributed by atoms with van der Waals surface area (Å²) in [6, 6.07) is 9.88. The molecule has 3 heterocycles. The molecule has 0 saturated heterocycles. The number of nitrogens with two attached hydrogens (primary N) is 1. The van der Waals surface area contributed by atoms with Crippen molar-refractivity contribution >= 4 is 39.9 Å². The van der Waals surface area contributed by atoms with Crippen LogP contribution in [0.4, 0.5) is 0 Å². The van der Waals surface area contributed by atoms with E-state index in [0.717, 1.165) is 20.9 Å². The predicted octanol–water partition coefficient (Wildman–Crippen LogP) is 3.86. The molecule has 0 saturated carbocycles. The Kier molecular flexibility index (Phi) is 4.57. The van der Waals surface area contributed by atoms with Crippen molar-refractivity contribution in [3.63, 3.8) is 0 Å². The van der Waals surface area contributed by atoms with E-state index in [2.05, 4.69) is 9.98 Å². The number of oxazole rings is 1.